The number of benzene rings is 3. The maximum atomic E-state index is 12.6. The highest BCUT2D eigenvalue weighted by atomic mass is 79.9. The first kappa shape index (κ1) is 27.1. The number of nitrogens with one attached hydrogen (secondary N) is 2. The summed E-state index contributed by atoms with van der Waals surface area (Å²) in [4.78, 5) is 36.9. The number of hydrogen-bond acceptors (Lipinski definition) is 6. The molecule has 0 bridgehead atoms. The molecule has 0 saturated carbocycles. The van der Waals surface area contributed by atoms with Gasteiger partial charge in [0.25, 0.3) is 11.8 Å². The summed E-state index contributed by atoms with van der Waals surface area (Å²) < 4.78 is 12.6. The molecule has 8 nitrogen and oxygen atoms in total. The molecule has 0 aliphatic carbocycles. The second-order valence-corrected chi connectivity index (χ2v) is 9.26. The third-order valence-corrected chi connectivity index (χ3v) is 5.61. The number of carbonyl (C=O) groups excluding carboxylic acids is 3. The second kappa shape index (κ2) is 13.6. The van der Waals surface area contributed by atoms with E-state index in [9.17, 15) is 14.4 Å². The van der Waals surface area contributed by atoms with Crippen LogP contribution < -0.4 is 20.2 Å². The lowest BCUT2D eigenvalue weighted by Gasteiger charge is -2.09. The number of hydrogen-bond donors (Lipinski definition) is 2. The van der Waals surface area contributed by atoms with Gasteiger partial charge in [-0.3, -0.25) is 9.59 Å². The van der Waals surface area contributed by atoms with Crippen LogP contribution in [0.25, 0.3) is 0 Å². The van der Waals surface area contributed by atoms with E-state index in [1.54, 1.807) is 66.7 Å². The Labute approximate surface area is 225 Å². The minimum atomic E-state index is -0.548. The number of nitrogens with zero attached hydrogens (tertiary/aromatic N) is 1. The molecule has 0 spiro atoms. The van der Waals surface area contributed by atoms with Crippen LogP contribution in [0.2, 0.25) is 0 Å². The molecule has 0 fully saturated rings. The molecule has 0 aliphatic rings. The Balaban J connectivity index is 1.58. The predicted octanol–water partition coefficient (Wildman–Crippen LogP) is 5.10. The highest BCUT2D eigenvalue weighted by Gasteiger charge is 2.12. The van der Waals surface area contributed by atoms with Gasteiger partial charge in [0.05, 0.1) is 24.9 Å². The van der Waals surface area contributed by atoms with E-state index < -0.39 is 11.9 Å². The first-order chi connectivity index (χ1) is 17.4. The van der Waals surface area contributed by atoms with Crippen molar-refractivity contribution in [3.63, 3.8) is 0 Å². The van der Waals surface area contributed by atoms with Crippen LogP contribution in [0.3, 0.4) is 0 Å². The van der Waals surface area contributed by atoms with Crippen molar-refractivity contribution in [1.82, 2.24) is 10.7 Å². The van der Waals surface area contributed by atoms with Crippen molar-refractivity contribution < 1.29 is 23.9 Å². The maximum Gasteiger partial charge on any atom is 0.343 e. The van der Waals surface area contributed by atoms with E-state index in [1.807, 2.05) is 6.92 Å². The van der Waals surface area contributed by atoms with E-state index in [0.29, 0.717) is 29.0 Å². The van der Waals surface area contributed by atoms with Crippen molar-refractivity contribution in [1.29, 1.82) is 0 Å². The fraction of sp³-hybridized carbons (Fsp3) is 0.154. The van der Waals surface area contributed by atoms with Gasteiger partial charge in [-0.15, -0.1) is 0 Å². The lowest BCUT2D eigenvalue weighted by atomic mass is 10.2. The van der Waals surface area contributed by atoms with E-state index in [4.69, 9.17) is 9.47 Å². The van der Waals surface area contributed by atoms with Crippen LogP contribution in [0.4, 0.5) is 0 Å². The van der Waals surface area contributed by atoms with Crippen LogP contribution in [0.5, 0.6) is 11.5 Å². The molecule has 0 unspecified atom stereocenters. The second-order valence-electron chi connectivity index (χ2n) is 7.43. The molecule has 186 valence electrons. The predicted molar refractivity (Wildman–Crippen MR) is 144 cm³/mol. The first-order valence-electron chi connectivity index (χ1n) is 11.0. The Morgan fingerprint density at radius 2 is 1.69 bits per heavy atom. The highest BCUT2D eigenvalue weighted by molar-refractivity contribution is 9.10. The van der Waals surface area contributed by atoms with Crippen molar-refractivity contribution >= 4 is 55.9 Å². The molecular formula is C26H23Br2N3O5. The van der Waals surface area contributed by atoms with Crippen molar-refractivity contribution in [3.05, 3.63) is 92.4 Å². The number of amides is 2. The lowest BCUT2D eigenvalue weighted by molar-refractivity contribution is -0.120. The number of carbonyl (C=O) groups is 3. The molecule has 0 radical (unpaired) electrons. The van der Waals surface area contributed by atoms with Gasteiger partial charge in [-0.2, -0.15) is 5.10 Å². The number of esters is 1. The Morgan fingerprint density at radius 3 is 2.42 bits per heavy atom. The van der Waals surface area contributed by atoms with Gasteiger partial charge in [0.1, 0.15) is 11.5 Å². The summed E-state index contributed by atoms with van der Waals surface area (Å²) >= 11 is 6.67. The molecule has 3 aromatic rings. The monoisotopic (exact) mass is 615 g/mol. The summed E-state index contributed by atoms with van der Waals surface area (Å²) in [5.74, 6) is -0.521. The zero-order valence-corrected chi connectivity index (χ0v) is 22.5. The number of hydrazone groups is 1. The summed E-state index contributed by atoms with van der Waals surface area (Å²) in [5.41, 5.74) is 3.58. The van der Waals surface area contributed by atoms with E-state index in [2.05, 4.69) is 47.7 Å². The minimum absolute atomic E-state index is 0.260. The van der Waals surface area contributed by atoms with Gasteiger partial charge in [-0.05, 0) is 67.1 Å². The van der Waals surface area contributed by atoms with E-state index >= 15 is 0 Å². The Hall–Kier alpha value is -3.50. The first-order valence-corrected chi connectivity index (χ1v) is 12.5. The third-order valence-electron chi connectivity index (χ3n) is 4.63. The molecule has 0 aliphatic heterocycles. The Kier molecular flexibility index (Phi) is 10.2. The van der Waals surface area contributed by atoms with Crippen LogP contribution in [0.15, 0.2) is 80.8 Å². The molecule has 0 saturated heterocycles. The van der Waals surface area contributed by atoms with Crippen molar-refractivity contribution in [2.45, 2.75) is 13.3 Å². The molecular weight excluding hydrogens is 594 g/mol. The molecule has 2 N–H and O–H groups in total. The average Bonchev–Trinajstić information content (AvgIpc) is 2.87. The molecule has 0 atom stereocenters. The molecule has 3 rings (SSSR count). The standard InChI is InChI=1S/C26H23Br2N3O5/c1-2-12-35-22-9-6-17(7-10-22)26(34)36-23-11-8-21(28)14-19(23)15-30-31-24(32)16-29-25(33)18-4-3-5-20(27)13-18/h3-11,13-15H,2,12,16H2,1H3,(H,29,33)(H,31,32)/b30-15+. The van der Waals surface area contributed by atoms with E-state index in [-0.39, 0.29) is 18.2 Å². The van der Waals surface area contributed by atoms with Crippen LogP contribution in [-0.4, -0.2) is 37.1 Å². The quantitative estimate of drug-likeness (QED) is 0.143. The topological polar surface area (TPSA) is 106 Å². The maximum absolute atomic E-state index is 12.6. The molecule has 0 aromatic heterocycles. The van der Waals surface area contributed by atoms with Gasteiger partial charge >= 0.3 is 5.97 Å². The normalized spacial score (nSPS) is 10.6. The molecule has 2 amide bonds. The van der Waals surface area contributed by atoms with E-state index in [1.165, 1.54) is 6.21 Å². The summed E-state index contributed by atoms with van der Waals surface area (Å²) in [6.45, 7) is 2.35. The third kappa shape index (κ3) is 8.31. The van der Waals surface area contributed by atoms with Crippen LogP contribution >= 0.6 is 31.9 Å². The summed E-state index contributed by atoms with van der Waals surface area (Å²) in [6, 6.07) is 18.5. The SMILES string of the molecule is CCCOc1ccc(C(=O)Oc2ccc(Br)cc2/C=N/NC(=O)CNC(=O)c2cccc(Br)c2)cc1. The lowest BCUT2D eigenvalue weighted by Crippen LogP contribution is -2.34. The summed E-state index contributed by atoms with van der Waals surface area (Å²) in [7, 11) is 0. The molecule has 3 aromatic carbocycles. The van der Waals surface area contributed by atoms with Gasteiger partial charge in [-0.25, -0.2) is 10.2 Å². The van der Waals surface area contributed by atoms with Crippen molar-refractivity contribution in [2.24, 2.45) is 5.10 Å². The zero-order chi connectivity index (χ0) is 25.9. The van der Waals surface area contributed by atoms with Crippen LogP contribution in [-0.2, 0) is 4.79 Å². The van der Waals surface area contributed by atoms with E-state index in [0.717, 1.165) is 15.4 Å². The highest BCUT2D eigenvalue weighted by Crippen LogP contribution is 2.23. The molecule has 10 heteroatoms. The van der Waals surface area contributed by atoms with Gasteiger partial charge in [-0.1, -0.05) is 44.8 Å². The Morgan fingerprint density at radius 1 is 0.944 bits per heavy atom. The number of ether oxygens (including phenoxy) is 2. The van der Waals surface area contributed by atoms with Gasteiger partial charge in [0.15, 0.2) is 0 Å². The smallest absolute Gasteiger partial charge is 0.343 e. The Bertz CT molecular complexity index is 1260. The van der Waals surface area contributed by atoms with Crippen molar-refractivity contribution in [2.75, 3.05) is 13.2 Å². The van der Waals surface area contributed by atoms with Crippen molar-refractivity contribution in [3.8, 4) is 11.5 Å². The fourth-order valence-corrected chi connectivity index (χ4v) is 3.66. The number of halogens is 2. The molecule has 36 heavy (non-hydrogen) atoms. The van der Waals surface area contributed by atoms with Crippen LogP contribution in [0, 0.1) is 0 Å². The zero-order valence-electron chi connectivity index (χ0n) is 19.3. The minimum Gasteiger partial charge on any atom is -0.494 e. The fourth-order valence-electron chi connectivity index (χ4n) is 2.88. The average molecular weight is 617 g/mol. The molecule has 0 heterocycles. The van der Waals surface area contributed by atoms with Gasteiger partial charge in [0, 0.05) is 20.1 Å². The van der Waals surface area contributed by atoms with Gasteiger partial charge in [0.2, 0.25) is 0 Å². The largest absolute Gasteiger partial charge is 0.494 e. The van der Waals surface area contributed by atoms with Gasteiger partial charge < -0.3 is 14.8 Å². The summed E-state index contributed by atoms with van der Waals surface area (Å²) in [6.07, 6.45) is 2.24. The van der Waals surface area contributed by atoms with Crippen LogP contribution in [0.1, 0.15) is 39.6 Å². The number of rotatable bonds is 10. The summed E-state index contributed by atoms with van der Waals surface area (Å²) in [5, 5.41) is 6.44.